The van der Waals surface area contributed by atoms with Crippen molar-refractivity contribution in [2.75, 3.05) is 45.7 Å². The summed E-state index contributed by atoms with van der Waals surface area (Å²) in [5, 5.41) is 6.93. The lowest BCUT2D eigenvalue weighted by Crippen LogP contribution is -2.52. The highest BCUT2D eigenvalue weighted by Gasteiger charge is 2.42. The summed E-state index contributed by atoms with van der Waals surface area (Å²) in [5.41, 5.74) is 0.623. The molecule has 0 spiro atoms. The van der Waals surface area contributed by atoms with E-state index in [2.05, 4.69) is 20.5 Å². The maximum absolute atomic E-state index is 13.5. The van der Waals surface area contributed by atoms with Crippen LogP contribution in [-0.2, 0) is 4.79 Å². The molecule has 2 aliphatic rings. The molecule has 1 saturated heterocycles. The predicted octanol–water partition coefficient (Wildman–Crippen LogP) is 3.23. The van der Waals surface area contributed by atoms with Crippen LogP contribution in [0.25, 0.3) is 0 Å². The van der Waals surface area contributed by atoms with Crippen molar-refractivity contribution in [2.24, 2.45) is 10.4 Å². The smallest absolute Gasteiger partial charge is 0.230 e. The van der Waals surface area contributed by atoms with Crippen molar-refractivity contribution in [3.05, 3.63) is 30.1 Å². The second-order valence-corrected chi connectivity index (χ2v) is 8.50. The Morgan fingerprint density at radius 3 is 2.50 bits per heavy atom. The van der Waals surface area contributed by atoms with E-state index in [1.165, 1.54) is 6.07 Å². The lowest BCUT2D eigenvalue weighted by Gasteiger charge is -2.35. The number of hydrogen-bond donors (Lipinski definition) is 2. The average Bonchev–Trinajstić information content (AvgIpc) is 3.21. The van der Waals surface area contributed by atoms with Gasteiger partial charge in [0.15, 0.2) is 5.96 Å². The number of rotatable bonds is 5. The number of aliphatic imine (C=N–C) groups is 1. The van der Waals surface area contributed by atoms with E-state index in [-0.39, 0.29) is 41.1 Å². The maximum atomic E-state index is 13.5. The van der Waals surface area contributed by atoms with Gasteiger partial charge in [0.05, 0.1) is 5.41 Å². The van der Waals surface area contributed by atoms with Crippen LogP contribution in [0, 0.1) is 11.2 Å². The molecule has 3 rings (SSSR count). The number of amides is 1. The summed E-state index contributed by atoms with van der Waals surface area (Å²) in [6.45, 7) is 2.37. The Morgan fingerprint density at radius 1 is 1.27 bits per heavy atom. The number of piperidine rings is 1. The zero-order valence-corrected chi connectivity index (χ0v) is 20.6. The first-order chi connectivity index (χ1) is 13.9. The lowest BCUT2D eigenvalue weighted by molar-refractivity contribution is -0.138. The van der Waals surface area contributed by atoms with Crippen LogP contribution in [-0.4, -0.2) is 63.6 Å². The van der Waals surface area contributed by atoms with E-state index in [1.54, 1.807) is 24.1 Å². The van der Waals surface area contributed by atoms with E-state index in [0.29, 0.717) is 12.6 Å². The third-order valence-corrected chi connectivity index (χ3v) is 6.25. The number of carbonyl (C=O) groups excluding carboxylic acids is 1. The first-order valence-corrected chi connectivity index (χ1v) is 10.6. The molecule has 0 bridgehead atoms. The van der Waals surface area contributed by atoms with Crippen molar-refractivity contribution in [2.45, 2.75) is 44.6 Å². The van der Waals surface area contributed by atoms with Crippen molar-refractivity contribution in [1.82, 2.24) is 15.5 Å². The number of hydrogen-bond acceptors (Lipinski definition) is 3. The Morgan fingerprint density at radius 2 is 1.93 bits per heavy atom. The van der Waals surface area contributed by atoms with Crippen molar-refractivity contribution >= 4 is 41.5 Å². The predicted molar refractivity (Wildman–Crippen MR) is 131 cm³/mol. The summed E-state index contributed by atoms with van der Waals surface area (Å²) in [4.78, 5) is 21.1. The summed E-state index contributed by atoms with van der Waals surface area (Å²) in [6, 6.07) is 7.10. The SMILES string of the molecule is CN=C(NCC1(C(=O)N(C)C)CCCC1)NC1CCN(c2cccc(F)c2)CC1.I. The van der Waals surface area contributed by atoms with Gasteiger partial charge >= 0.3 is 0 Å². The van der Waals surface area contributed by atoms with Crippen LogP contribution in [0.4, 0.5) is 10.1 Å². The van der Waals surface area contributed by atoms with Crippen LogP contribution in [0.15, 0.2) is 29.3 Å². The molecular formula is C22H35FIN5O. The van der Waals surface area contributed by atoms with Gasteiger partial charge in [0.1, 0.15) is 5.82 Å². The molecule has 0 radical (unpaired) electrons. The molecule has 1 aliphatic heterocycles. The monoisotopic (exact) mass is 531 g/mol. The summed E-state index contributed by atoms with van der Waals surface area (Å²) in [6.07, 6.45) is 5.98. The highest BCUT2D eigenvalue weighted by atomic mass is 127. The van der Waals surface area contributed by atoms with Gasteiger partial charge in [-0.25, -0.2) is 4.39 Å². The molecule has 1 saturated carbocycles. The highest BCUT2D eigenvalue weighted by Crippen LogP contribution is 2.38. The fourth-order valence-electron chi connectivity index (χ4n) is 4.59. The van der Waals surface area contributed by atoms with E-state index in [9.17, 15) is 9.18 Å². The van der Waals surface area contributed by atoms with Gasteiger partial charge in [0.25, 0.3) is 0 Å². The van der Waals surface area contributed by atoms with Gasteiger partial charge in [-0.1, -0.05) is 18.9 Å². The van der Waals surface area contributed by atoms with E-state index in [1.807, 2.05) is 20.2 Å². The number of nitrogens with zero attached hydrogens (tertiary/aromatic N) is 3. The van der Waals surface area contributed by atoms with E-state index < -0.39 is 0 Å². The molecule has 6 nitrogen and oxygen atoms in total. The minimum atomic E-state index is -0.318. The Kier molecular flexibility index (Phi) is 9.18. The fourth-order valence-corrected chi connectivity index (χ4v) is 4.59. The van der Waals surface area contributed by atoms with Gasteiger partial charge < -0.3 is 20.4 Å². The summed E-state index contributed by atoms with van der Waals surface area (Å²) in [7, 11) is 5.44. The molecule has 1 amide bonds. The molecule has 168 valence electrons. The Labute approximate surface area is 196 Å². The third-order valence-electron chi connectivity index (χ3n) is 6.25. The largest absolute Gasteiger partial charge is 0.371 e. The van der Waals surface area contributed by atoms with E-state index in [4.69, 9.17) is 0 Å². The molecular weight excluding hydrogens is 496 g/mol. The van der Waals surface area contributed by atoms with Crippen molar-refractivity contribution in [3.8, 4) is 0 Å². The summed E-state index contributed by atoms with van der Waals surface area (Å²) < 4.78 is 13.5. The van der Waals surface area contributed by atoms with E-state index in [0.717, 1.165) is 63.3 Å². The normalized spacial score (nSPS) is 19.2. The van der Waals surface area contributed by atoms with Gasteiger partial charge in [-0.05, 0) is 43.9 Å². The summed E-state index contributed by atoms with van der Waals surface area (Å²) in [5.74, 6) is 0.772. The highest BCUT2D eigenvalue weighted by molar-refractivity contribution is 14.0. The van der Waals surface area contributed by atoms with Crippen LogP contribution < -0.4 is 15.5 Å². The number of carbonyl (C=O) groups is 1. The maximum Gasteiger partial charge on any atom is 0.230 e. The van der Waals surface area contributed by atoms with Crippen LogP contribution in [0.3, 0.4) is 0 Å². The summed E-state index contributed by atoms with van der Waals surface area (Å²) >= 11 is 0. The number of anilines is 1. The standard InChI is InChI=1S/C22H34FN5O.HI/c1-24-21(25-16-22(11-4-5-12-22)20(29)27(2)3)26-18-9-13-28(14-10-18)19-8-6-7-17(23)15-19;/h6-8,15,18H,4-5,9-14,16H2,1-3H3,(H2,24,25,26);1H. The first kappa shape index (κ1) is 24.7. The van der Waals surface area contributed by atoms with Crippen LogP contribution in [0.2, 0.25) is 0 Å². The van der Waals surface area contributed by atoms with E-state index >= 15 is 0 Å². The molecule has 0 atom stereocenters. The van der Waals surface area contributed by atoms with Crippen molar-refractivity contribution in [1.29, 1.82) is 0 Å². The van der Waals surface area contributed by atoms with Crippen LogP contribution in [0.5, 0.6) is 0 Å². The average molecular weight is 531 g/mol. The second kappa shape index (κ2) is 11.2. The zero-order chi connectivity index (χ0) is 20.9. The number of benzene rings is 1. The Hall–Kier alpha value is -1.58. The molecule has 2 fully saturated rings. The molecule has 1 aliphatic carbocycles. The minimum Gasteiger partial charge on any atom is -0.371 e. The van der Waals surface area contributed by atoms with Crippen LogP contribution in [0.1, 0.15) is 38.5 Å². The van der Waals surface area contributed by atoms with Gasteiger partial charge in [0.2, 0.25) is 5.91 Å². The van der Waals surface area contributed by atoms with Gasteiger partial charge in [-0.2, -0.15) is 0 Å². The molecule has 2 N–H and O–H groups in total. The molecule has 0 unspecified atom stereocenters. The van der Waals surface area contributed by atoms with Gasteiger partial charge in [0, 0.05) is 52.5 Å². The molecule has 0 aromatic heterocycles. The van der Waals surface area contributed by atoms with Gasteiger partial charge in [-0.15, -0.1) is 24.0 Å². The first-order valence-electron chi connectivity index (χ1n) is 10.6. The molecule has 1 heterocycles. The molecule has 8 heteroatoms. The number of nitrogens with one attached hydrogen (secondary N) is 2. The zero-order valence-electron chi connectivity index (χ0n) is 18.3. The molecule has 1 aromatic carbocycles. The Bertz CT molecular complexity index is 728. The fraction of sp³-hybridized carbons (Fsp3) is 0.636. The molecule has 1 aromatic rings. The minimum absolute atomic E-state index is 0. The molecule has 30 heavy (non-hydrogen) atoms. The van der Waals surface area contributed by atoms with Crippen LogP contribution >= 0.6 is 24.0 Å². The third kappa shape index (κ3) is 5.98. The Balaban J connectivity index is 0.00000320. The quantitative estimate of drug-likeness (QED) is 0.348. The lowest BCUT2D eigenvalue weighted by atomic mass is 9.84. The number of halogens is 2. The van der Waals surface area contributed by atoms with Crippen molar-refractivity contribution < 1.29 is 9.18 Å². The number of guanidine groups is 1. The topological polar surface area (TPSA) is 60.0 Å². The van der Waals surface area contributed by atoms with Gasteiger partial charge in [-0.3, -0.25) is 9.79 Å². The second-order valence-electron chi connectivity index (χ2n) is 8.50. The van der Waals surface area contributed by atoms with Crippen molar-refractivity contribution in [3.63, 3.8) is 0 Å².